The first kappa shape index (κ1) is 25.0. The molecular weight excluding hydrogens is 434 g/mol. The average Bonchev–Trinajstić information content (AvgIpc) is 3.12. The minimum atomic E-state index is -1.07. The standard InChI is InChI=1S/C25H33N5O4/c1-34-22-8-6-7-21(30-13-4-2-3-5-14-30)19(22)16-28-25(27)29-23(31)18-11-9-17(10-12-18)15-20(26)24(32)33/h6-12,20H,2-5,13-16,26H2,1H3,(H,32,33)(H3,27,28,29,31)/t20-/m0/s1. The molecule has 1 heterocycles. The lowest BCUT2D eigenvalue weighted by molar-refractivity contribution is -0.138. The van der Waals surface area contributed by atoms with Gasteiger partial charge in [0.25, 0.3) is 5.91 Å². The van der Waals surface area contributed by atoms with Crippen LogP contribution >= 0.6 is 0 Å². The third-order valence-corrected chi connectivity index (χ3v) is 5.91. The molecule has 1 aliphatic heterocycles. The first-order valence-corrected chi connectivity index (χ1v) is 11.5. The van der Waals surface area contributed by atoms with Crippen LogP contribution in [-0.2, 0) is 17.8 Å². The van der Waals surface area contributed by atoms with Crippen molar-refractivity contribution in [1.29, 1.82) is 0 Å². The third-order valence-electron chi connectivity index (χ3n) is 5.91. The van der Waals surface area contributed by atoms with Gasteiger partial charge in [0.1, 0.15) is 11.8 Å². The molecule has 0 radical (unpaired) electrons. The second kappa shape index (κ2) is 12.0. The van der Waals surface area contributed by atoms with Crippen molar-refractivity contribution in [3.8, 4) is 5.75 Å². The van der Waals surface area contributed by atoms with Gasteiger partial charge in [0.15, 0.2) is 5.96 Å². The number of hydrogen-bond donors (Lipinski definition) is 4. The van der Waals surface area contributed by atoms with Crippen LogP contribution in [0.25, 0.3) is 0 Å². The molecule has 9 heteroatoms. The van der Waals surface area contributed by atoms with Gasteiger partial charge in [-0.15, -0.1) is 0 Å². The van der Waals surface area contributed by atoms with Gasteiger partial charge in [-0.1, -0.05) is 31.0 Å². The Morgan fingerprint density at radius 3 is 2.41 bits per heavy atom. The van der Waals surface area contributed by atoms with Gasteiger partial charge in [-0.3, -0.25) is 14.9 Å². The van der Waals surface area contributed by atoms with Crippen molar-refractivity contribution in [1.82, 2.24) is 5.32 Å². The van der Waals surface area contributed by atoms with E-state index in [1.54, 1.807) is 31.4 Å². The molecule has 1 atom stereocenters. The Hall–Kier alpha value is -3.59. The maximum atomic E-state index is 12.6. The van der Waals surface area contributed by atoms with Crippen molar-refractivity contribution in [2.24, 2.45) is 16.5 Å². The van der Waals surface area contributed by atoms with Gasteiger partial charge in [0.05, 0.1) is 13.7 Å². The van der Waals surface area contributed by atoms with Crippen LogP contribution in [0.5, 0.6) is 5.75 Å². The fourth-order valence-corrected chi connectivity index (χ4v) is 4.04. The lowest BCUT2D eigenvalue weighted by Gasteiger charge is -2.26. The molecule has 34 heavy (non-hydrogen) atoms. The second-order valence-electron chi connectivity index (χ2n) is 8.36. The minimum absolute atomic E-state index is 0.00898. The van der Waals surface area contributed by atoms with Crippen LogP contribution in [0.15, 0.2) is 47.5 Å². The first-order chi connectivity index (χ1) is 16.4. The average molecular weight is 468 g/mol. The molecule has 0 saturated carbocycles. The molecule has 0 aromatic heterocycles. The number of carboxylic acids is 1. The fourth-order valence-electron chi connectivity index (χ4n) is 4.04. The molecule has 1 amide bonds. The van der Waals surface area contributed by atoms with E-state index < -0.39 is 17.9 Å². The summed E-state index contributed by atoms with van der Waals surface area (Å²) in [6.07, 6.45) is 4.96. The topological polar surface area (TPSA) is 143 Å². The fraction of sp³-hybridized carbons (Fsp3) is 0.400. The van der Waals surface area contributed by atoms with Gasteiger partial charge in [-0.05, 0) is 49.1 Å². The van der Waals surface area contributed by atoms with E-state index in [4.69, 9.17) is 21.3 Å². The third kappa shape index (κ3) is 6.71. The van der Waals surface area contributed by atoms with Crippen molar-refractivity contribution in [3.63, 3.8) is 0 Å². The second-order valence-corrected chi connectivity index (χ2v) is 8.36. The van der Waals surface area contributed by atoms with Crippen molar-refractivity contribution in [2.45, 2.75) is 44.7 Å². The summed E-state index contributed by atoms with van der Waals surface area (Å²) < 4.78 is 5.57. The van der Waals surface area contributed by atoms with E-state index in [0.717, 1.165) is 48.5 Å². The number of guanidine groups is 1. The number of aliphatic carboxylic acids is 1. The lowest BCUT2D eigenvalue weighted by atomic mass is 10.0. The predicted octanol–water partition coefficient (Wildman–Crippen LogP) is 2.27. The van der Waals surface area contributed by atoms with Crippen molar-refractivity contribution in [2.75, 3.05) is 25.1 Å². The Bertz CT molecular complexity index is 1010. The van der Waals surface area contributed by atoms with Crippen molar-refractivity contribution < 1.29 is 19.4 Å². The Balaban J connectivity index is 1.68. The van der Waals surface area contributed by atoms with E-state index >= 15 is 0 Å². The number of carbonyl (C=O) groups excluding carboxylic acids is 1. The van der Waals surface area contributed by atoms with E-state index in [1.165, 1.54) is 12.8 Å². The Kier molecular flexibility index (Phi) is 8.86. The molecule has 0 bridgehead atoms. The summed E-state index contributed by atoms with van der Waals surface area (Å²) in [7, 11) is 1.63. The molecule has 0 spiro atoms. The number of ether oxygens (including phenoxy) is 1. The Morgan fingerprint density at radius 1 is 1.12 bits per heavy atom. The summed E-state index contributed by atoms with van der Waals surface area (Å²) in [4.78, 5) is 30.2. The lowest BCUT2D eigenvalue weighted by Crippen LogP contribution is -2.37. The highest BCUT2D eigenvalue weighted by Crippen LogP contribution is 2.31. The molecule has 1 fully saturated rings. The molecule has 2 aromatic rings. The summed E-state index contributed by atoms with van der Waals surface area (Å²) >= 11 is 0. The number of anilines is 1. The van der Waals surface area contributed by atoms with E-state index in [-0.39, 0.29) is 18.9 Å². The smallest absolute Gasteiger partial charge is 0.320 e. The largest absolute Gasteiger partial charge is 0.496 e. The van der Waals surface area contributed by atoms with Gasteiger partial charge in [-0.25, -0.2) is 4.99 Å². The number of aliphatic imine (C=N–C) groups is 1. The number of rotatable bonds is 8. The SMILES string of the molecule is COc1cccc(N2CCCCCC2)c1CN=C(N)NC(=O)c1ccc(C[C@H](N)C(=O)O)cc1. The van der Waals surface area contributed by atoms with Crippen molar-refractivity contribution >= 4 is 23.5 Å². The molecule has 9 nitrogen and oxygen atoms in total. The van der Waals surface area contributed by atoms with Gasteiger partial charge >= 0.3 is 5.97 Å². The van der Waals surface area contributed by atoms with Crippen LogP contribution in [0.3, 0.4) is 0 Å². The van der Waals surface area contributed by atoms with Crippen LogP contribution < -0.4 is 26.4 Å². The number of amides is 1. The Morgan fingerprint density at radius 2 is 1.79 bits per heavy atom. The summed E-state index contributed by atoms with van der Waals surface area (Å²) in [6.45, 7) is 2.25. The van der Waals surface area contributed by atoms with Gasteiger partial charge < -0.3 is 26.2 Å². The van der Waals surface area contributed by atoms with E-state index in [9.17, 15) is 9.59 Å². The maximum absolute atomic E-state index is 12.6. The van der Waals surface area contributed by atoms with Crippen LogP contribution in [0.1, 0.15) is 47.2 Å². The zero-order valence-corrected chi connectivity index (χ0v) is 19.5. The number of methoxy groups -OCH3 is 1. The number of carbonyl (C=O) groups is 2. The molecular formula is C25H33N5O4. The molecule has 1 aliphatic rings. The summed E-state index contributed by atoms with van der Waals surface area (Å²) in [5.41, 5.74) is 14.7. The highest BCUT2D eigenvalue weighted by Gasteiger charge is 2.17. The molecule has 0 aliphatic carbocycles. The summed E-state index contributed by atoms with van der Waals surface area (Å²) in [5, 5.41) is 11.5. The Labute approximate surface area is 199 Å². The predicted molar refractivity (Wildman–Crippen MR) is 132 cm³/mol. The summed E-state index contributed by atoms with van der Waals surface area (Å²) in [6, 6.07) is 11.5. The molecule has 6 N–H and O–H groups in total. The summed E-state index contributed by atoms with van der Waals surface area (Å²) in [5.74, 6) is -0.725. The van der Waals surface area contributed by atoms with Crippen LogP contribution in [0.4, 0.5) is 5.69 Å². The normalized spacial score (nSPS) is 15.4. The molecule has 2 aromatic carbocycles. The number of carboxylic acid groups (broad SMARTS) is 1. The highest BCUT2D eigenvalue weighted by molar-refractivity contribution is 6.05. The molecule has 3 rings (SSSR count). The molecule has 0 unspecified atom stereocenters. The van der Waals surface area contributed by atoms with E-state index in [2.05, 4.69) is 21.3 Å². The van der Waals surface area contributed by atoms with Crippen LogP contribution in [0.2, 0.25) is 0 Å². The minimum Gasteiger partial charge on any atom is -0.496 e. The maximum Gasteiger partial charge on any atom is 0.320 e. The zero-order chi connectivity index (χ0) is 24.5. The molecule has 1 saturated heterocycles. The zero-order valence-electron chi connectivity index (χ0n) is 19.5. The van der Waals surface area contributed by atoms with E-state index in [0.29, 0.717) is 5.56 Å². The quantitative estimate of drug-likeness (QED) is 0.344. The van der Waals surface area contributed by atoms with Gasteiger partial charge in [-0.2, -0.15) is 0 Å². The van der Waals surface area contributed by atoms with Gasteiger partial charge in [0, 0.05) is 29.9 Å². The number of benzene rings is 2. The number of nitrogens with zero attached hydrogens (tertiary/aromatic N) is 2. The van der Waals surface area contributed by atoms with E-state index in [1.807, 2.05) is 12.1 Å². The number of nitrogens with one attached hydrogen (secondary N) is 1. The first-order valence-electron chi connectivity index (χ1n) is 11.5. The van der Waals surface area contributed by atoms with Crippen LogP contribution in [-0.4, -0.2) is 49.2 Å². The number of hydrogen-bond acceptors (Lipinski definition) is 6. The van der Waals surface area contributed by atoms with Gasteiger partial charge in [0.2, 0.25) is 0 Å². The van der Waals surface area contributed by atoms with Crippen molar-refractivity contribution in [3.05, 3.63) is 59.2 Å². The monoisotopic (exact) mass is 467 g/mol. The molecule has 182 valence electrons. The number of nitrogens with two attached hydrogens (primary N) is 2. The van der Waals surface area contributed by atoms with Crippen LogP contribution in [0, 0.1) is 0 Å². The highest BCUT2D eigenvalue weighted by atomic mass is 16.5.